The van der Waals surface area contributed by atoms with Crippen molar-refractivity contribution in [1.29, 1.82) is 0 Å². The fraction of sp³-hybridized carbons (Fsp3) is 0.174. The molecule has 0 radical (unpaired) electrons. The van der Waals surface area contributed by atoms with Crippen molar-refractivity contribution in [3.05, 3.63) is 76.5 Å². The summed E-state index contributed by atoms with van der Waals surface area (Å²) in [6, 6.07) is 17.1. The van der Waals surface area contributed by atoms with Crippen molar-refractivity contribution in [2.24, 2.45) is 0 Å². The Hall–Kier alpha value is -3.85. The molecule has 8 nitrogen and oxygen atoms in total. The Labute approximate surface area is 188 Å². The number of benzene rings is 2. The predicted octanol–water partition coefficient (Wildman–Crippen LogP) is 3.11. The third-order valence-corrected chi connectivity index (χ3v) is 5.40. The molecule has 1 aliphatic heterocycles. The van der Waals surface area contributed by atoms with Crippen molar-refractivity contribution in [2.45, 2.75) is 6.10 Å². The van der Waals surface area contributed by atoms with Gasteiger partial charge in [0.25, 0.3) is 11.8 Å². The quantitative estimate of drug-likeness (QED) is 0.534. The second-order valence-electron chi connectivity index (χ2n) is 6.89. The van der Waals surface area contributed by atoms with Crippen LogP contribution in [0.4, 0.5) is 5.69 Å². The molecule has 2 amide bonds. The van der Waals surface area contributed by atoms with Gasteiger partial charge in [0, 0.05) is 5.69 Å². The van der Waals surface area contributed by atoms with Crippen molar-refractivity contribution in [2.75, 3.05) is 25.1 Å². The second kappa shape index (κ2) is 9.97. The molecular formula is C23H20N2O6S. The zero-order valence-corrected chi connectivity index (χ0v) is 17.7. The molecule has 0 saturated carbocycles. The van der Waals surface area contributed by atoms with Crippen molar-refractivity contribution >= 4 is 34.8 Å². The Balaban J connectivity index is 1.23. The van der Waals surface area contributed by atoms with Crippen LogP contribution in [-0.4, -0.2) is 43.6 Å². The monoisotopic (exact) mass is 452 g/mol. The number of anilines is 1. The standard InChI is InChI=1S/C23H20N2O6S/c26-21(24-12-17-13-29-18-7-1-2-8-19(18)31-17)14-30-23(28)15-5-3-6-16(11-15)25-22(27)20-9-4-10-32-20/h1-11,17H,12-14H2,(H,24,26)(H,25,27)/t17-/m0/s1. The molecule has 0 saturated heterocycles. The third-order valence-electron chi connectivity index (χ3n) is 4.53. The molecule has 32 heavy (non-hydrogen) atoms. The average Bonchev–Trinajstić information content (AvgIpc) is 3.36. The zero-order valence-electron chi connectivity index (χ0n) is 16.9. The van der Waals surface area contributed by atoms with Gasteiger partial charge >= 0.3 is 5.97 Å². The van der Waals surface area contributed by atoms with E-state index in [2.05, 4.69) is 10.6 Å². The van der Waals surface area contributed by atoms with E-state index in [1.54, 1.807) is 41.8 Å². The lowest BCUT2D eigenvalue weighted by Gasteiger charge is -2.26. The van der Waals surface area contributed by atoms with Crippen LogP contribution in [0.1, 0.15) is 20.0 Å². The van der Waals surface area contributed by atoms with Crippen LogP contribution < -0.4 is 20.1 Å². The van der Waals surface area contributed by atoms with Gasteiger partial charge in [0.1, 0.15) is 12.7 Å². The summed E-state index contributed by atoms with van der Waals surface area (Å²) in [5, 5.41) is 7.20. The molecule has 1 aliphatic rings. The SMILES string of the molecule is O=C(COC(=O)c1cccc(NC(=O)c2cccs2)c1)NC[C@H]1COc2ccccc2O1. The first-order valence-electron chi connectivity index (χ1n) is 9.86. The molecule has 2 N–H and O–H groups in total. The molecule has 3 aromatic rings. The maximum atomic E-state index is 12.3. The van der Waals surface area contributed by atoms with Crippen LogP contribution in [0.25, 0.3) is 0 Å². The van der Waals surface area contributed by atoms with Gasteiger partial charge in [0.2, 0.25) is 0 Å². The first kappa shape index (κ1) is 21.4. The highest BCUT2D eigenvalue weighted by Gasteiger charge is 2.21. The maximum Gasteiger partial charge on any atom is 0.338 e. The topological polar surface area (TPSA) is 103 Å². The van der Waals surface area contributed by atoms with E-state index in [1.807, 2.05) is 18.2 Å². The van der Waals surface area contributed by atoms with E-state index < -0.39 is 18.5 Å². The van der Waals surface area contributed by atoms with E-state index in [4.69, 9.17) is 14.2 Å². The Bertz CT molecular complexity index is 1120. The van der Waals surface area contributed by atoms with Gasteiger partial charge < -0.3 is 24.8 Å². The molecule has 1 aromatic heterocycles. The summed E-state index contributed by atoms with van der Waals surface area (Å²) in [4.78, 5) is 37.1. The number of para-hydroxylation sites is 2. The number of amides is 2. The number of thiophene rings is 1. The van der Waals surface area contributed by atoms with Crippen molar-refractivity contribution in [1.82, 2.24) is 5.32 Å². The molecule has 2 aromatic carbocycles. The van der Waals surface area contributed by atoms with Gasteiger partial charge in [-0.25, -0.2) is 4.79 Å². The minimum atomic E-state index is -0.668. The molecule has 164 valence electrons. The molecule has 0 aliphatic carbocycles. The van der Waals surface area contributed by atoms with Crippen molar-refractivity contribution < 1.29 is 28.6 Å². The molecule has 2 heterocycles. The zero-order chi connectivity index (χ0) is 22.3. The third kappa shape index (κ3) is 5.44. The normalized spacial score (nSPS) is 14.3. The molecule has 9 heteroatoms. The number of esters is 1. The number of rotatable bonds is 7. The lowest BCUT2D eigenvalue weighted by Crippen LogP contribution is -2.42. The van der Waals surface area contributed by atoms with E-state index >= 15 is 0 Å². The van der Waals surface area contributed by atoms with E-state index in [1.165, 1.54) is 17.4 Å². The van der Waals surface area contributed by atoms with Crippen molar-refractivity contribution in [3.8, 4) is 11.5 Å². The Kier molecular flexibility index (Phi) is 6.66. The van der Waals surface area contributed by atoms with E-state index in [0.717, 1.165) is 0 Å². The van der Waals surface area contributed by atoms with Crippen molar-refractivity contribution in [3.63, 3.8) is 0 Å². The van der Waals surface area contributed by atoms with Crippen LogP contribution in [0.5, 0.6) is 11.5 Å². The van der Waals surface area contributed by atoms with Crippen LogP contribution in [0.15, 0.2) is 66.0 Å². The van der Waals surface area contributed by atoms with Crippen LogP contribution in [0.3, 0.4) is 0 Å². The first-order valence-corrected chi connectivity index (χ1v) is 10.7. The van der Waals surface area contributed by atoms with Gasteiger partial charge in [-0.2, -0.15) is 0 Å². The summed E-state index contributed by atoms with van der Waals surface area (Å²) in [7, 11) is 0. The van der Waals surface area contributed by atoms with Crippen LogP contribution in [-0.2, 0) is 9.53 Å². The van der Waals surface area contributed by atoms with E-state index in [-0.39, 0.29) is 24.1 Å². The summed E-state index contributed by atoms with van der Waals surface area (Å²) in [6.45, 7) is 0.0881. The Morgan fingerprint density at radius 3 is 2.69 bits per heavy atom. The maximum absolute atomic E-state index is 12.3. The summed E-state index contributed by atoms with van der Waals surface area (Å²) in [5.74, 6) is -0.101. The smallest absolute Gasteiger partial charge is 0.338 e. The number of hydrogen-bond acceptors (Lipinski definition) is 7. The first-order chi connectivity index (χ1) is 15.6. The van der Waals surface area contributed by atoms with Gasteiger partial charge in [0.05, 0.1) is 17.0 Å². The lowest BCUT2D eigenvalue weighted by atomic mass is 10.2. The Morgan fingerprint density at radius 1 is 1.03 bits per heavy atom. The highest BCUT2D eigenvalue weighted by molar-refractivity contribution is 7.12. The summed E-state index contributed by atoms with van der Waals surface area (Å²) < 4.78 is 16.4. The van der Waals surface area contributed by atoms with Crippen LogP contribution >= 0.6 is 11.3 Å². The van der Waals surface area contributed by atoms with Gasteiger partial charge in [0.15, 0.2) is 18.1 Å². The van der Waals surface area contributed by atoms with E-state index in [0.29, 0.717) is 28.7 Å². The fourth-order valence-corrected chi connectivity index (χ4v) is 3.60. The fourth-order valence-electron chi connectivity index (χ4n) is 2.98. The highest BCUT2D eigenvalue weighted by Crippen LogP contribution is 2.30. The minimum Gasteiger partial charge on any atom is -0.486 e. The molecule has 1 atom stereocenters. The summed E-state index contributed by atoms with van der Waals surface area (Å²) >= 11 is 1.32. The summed E-state index contributed by atoms with van der Waals surface area (Å²) in [5.41, 5.74) is 0.680. The molecule has 0 unspecified atom stereocenters. The second-order valence-corrected chi connectivity index (χ2v) is 7.84. The number of ether oxygens (including phenoxy) is 3. The van der Waals surface area contributed by atoms with Gasteiger partial charge in [-0.1, -0.05) is 24.3 Å². The minimum absolute atomic E-state index is 0.217. The van der Waals surface area contributed by atoms with Gasteiger partial charge in [-0.3, -0.25) is 9.59 Å². The molecule has 0 bridgehead atoms. The lowest BCUT2D eigenvalue weighted by molar-refractivity contribution is -0.124. The molecule has 0 spiro atoms. The molecule has 0 fully saturated rings. The van der Waals surface area contributed by atoms with Gasteiger partial charge in [-0.05, 0) is 41.8 Å². The molecular weight excluding hydrogens is 432 g/mol. The number of fused-ring (bicyclic) bond motifs is 1. The molecule has 4 rings (SSSR count). The van der Waals surface area contributed by atoms with Crippen LogP contribution in [0, 0.1) is 0 Å². The number of carbonyl (C=O) groups excluding carboxylic acids is 3. The average molecular weight is 452 g/mol. The van der Waals surface area contributed by atoms with Crippen LogP contribution in [0.2, 0.25) is 0 Å². The largest absolute Gasteiger partial charge is 0.486 e. The van der Waals surface area contributed by atoms with E-state index in [9.17, 15) is 14.4 Å². The Morgan fingerprint density at radius 2 is 1.88 bits per heavy atom. The highest BCUT2D eigenvalue weighted by atomic mass is 32.1. The number of carbonyl (C=O) groups is 3. The predicted molar refractivity (Wildman–Crippen MR) is 118 cm³/mol. The van der Waals surface area contributed by atoms with Gasteiger partial charge in [-0.15, -0.1) is 11.3 Å². The number of hydrogen-bond donors (Lipinski definition) is 2. The summed E-state index contributed by atoms with van der Waals surface area (Å²) in [6.07, 6.45) is -0.340. The number of nitrogens with one attached hydrogen (secondary N) is 2.